The van der Waals surface area contributed by atoms with Gasteiger partial charge in [-0.15, -0.1) is 0 Å². The Kier molecular flexibility index (Phi) is 6.71. The first-order valence-corrected chi connectivity index (χ1v) is 10.1. The van der Waals surface area contributed by atoms with E-state index in [1.807, 2.05) is 13.8 Å². The number of hydrogen-bond acceptors (Lipinski definition) is 1. The quantitative estimate of drug-likeness (QED) is 0.463. The Morgan fingerprint density at radius 1 is 1.06 bits per heavy atom. The molecule has 0 unspecified atom stereocenters. The van der Waals surface area contributed by atoms with Gasteiger partial charge >= 0.3 is 6.18 Å². The molecule has 0 radical (unpaired) electrons. The molecule has 1 heterocycles. The number of nitrogens with zero attached hydrogens (tertiary/aromatic N) is 1. The predicted molar refractivity (Wildman–Crippen MR) is 111 cm³/mol. The molecular weight excluding hydrogens is 427 g/mol. The van der Waals surface area contributed by atoms with Gasteiger partial charge in [-0.05, 0) is 55.2 Å². The summed E-state index contributed by atoms with van der Waals surface area (Å²) >= 11 is 0. The Balaban J connectivity index is 1.90. The molecule has 1 amide bonds. The number of carbonyl (C=O) groups is 1. The molecule has 0 aliphatic carbocycles. The minimum atomic E-state index is -4.47. The van der Waals surface area contributed by atoms with Gasteiger partial charge in [0.2, 0.25) is 0 Å². The zero-order chi connectivity index (χ0) is 23.6. The third-order valence-corrected chi connectivity index (χ3v) is 5.54. The molecule has 0 aliphatic rings. The topological polar surface area (TPSA) is 34.0 Å². The summed E-state index contributed by atoms with van der Waals surface area (Å²) in [6.07, 6.45) is -3.83. The van der Waals surface area contributed by atoms with E-state index >= 15 is 0 Å². The van der Waals surface area contributed by atoms with Crippen LogP contribution in [0.2, 0.25) is 0 Å². The molecule has 1 N–H and O–H groups in total. The van der Waals surface area contributed by atoms with Crippen LogP contribution in [0.25, 0.3) is 0 Å². The number of nitrogens with one attached hydrogen (secondary N) is 1. The molecule has 8 heteroatoms. The zero-order valence-electron chi connectivity index (χ0n) is 17.9. The van der Waals surface area contributed by atoms with Gasteiger partial charge in [-0.25, -0.2) is 8.78 Å². The van der Waals surface area contributed by atoms with Crippen molar-refractivity contribution in [1.82, 2.24) is 9.88 Å². The number of benzene rings is 2. The lowest BCUT2D eigenvalue weighted by molar-refractivity contribution is -0.137. The maximum absolute atomic E-state index is 14.2. The summed E-state index contributed by atoms with van der Waals surface area (Å²) in [4.78, 5) is 13.0. The molecule has 0 saturated heterocycles. The molecule has 0 atom stereocenters. The summed E-state index contributed by atoms with van der Waals surface area (Å²) in [5, 5.41) is 2.67. The van der Waals surface area contributed by atoms with Gasteiger partial charge in [-0.1, -0.05) is 25.1 Å². The van der Waals surface area contributed by atoms with Crippen LogP contribution < -0.4 is 5.32 Å². The van der Waals surface area contributed by atoms with E-state index in [2.05, 4.69) is 5.32 Å². The largest absolute Gasteiger partial charge is 0.416 e. The first-order valence-electron chi connectivity index (χ1n) is 10.1. The van der Waals surface area contributed by atoms with E-state index in [0.717, 1.165) is 35.5 Å². The van der Waals surface area contributed by atoms with E-state index in [1.54, 1.807) is 11.5 Å². The van der Waals surface area contributed by atoms with Crippen molar-refractivity contribution in [3.8, 4) is 0 Å². The van der Waals surface area contributed by atoms with Crippen molar-refractivity contribution in [2.75, 3.05) is 0 Å². The molecule has 2 aromatic carbocycles. The molecule has 0 spiro atoms. The van der Waals surface area contributed by atoms with Crippen LogP contribution in [0.4, 0.5) is 22.0 Å². The average Bonchev–Trinajstić information content (AvgIpc) is 2.96. The Morgan fingerprint density at radius 2 is 1.78 bits per heavy atom. The molecule has 32 heavy (non-hydrogen) atoms. The van der Waals surface area contributed by atoms with Crippen LogP contribution in [0.15, 0.2) is 42.5 Å². The van der Waals surface area contributed by atoms with E-state index in [1.165, 1.54) is 18.2 Å². The van der Waals surface area contributed by atoms with Gasteiger partial charge in [0, 0.05) is 23.9 Å². The Hall–Kier alpha value is -3.16. The van der Waals surface area contributed by atoms with Crippen molar-refractivity contribution in [2.45, 2.75) is 46.5 Å². The number of aromatic nitrogens is 1. The lowest BCUT2D eigenvalue weighted by atomic mass is 10.1. The molecule has 0 bridgehead atoms. The van der Waals surface area contributed by atoms with Crippen LogP contribution in [-0.4, -0.2) is 10.5 Å². The third-order valence-electron chi connectivity index (χ3n) is 5.54. The van der Waals surface area contributed by atoms with Gasteiger partial charge in [0.25, 0.3) is 5.91 Å². The SMILES string of the molecule is CCc1c(C)c(C(=O)NCc2cccc(C(F)(F)F)c2)n(Cc2ccc(F)cc2F)c1C. The van der Waals surface area contributed by atoms with Gasteiger partial charge in [0.1, 0.15) is 17.3 Å². The highest BCUT2D eigenvalue weighted by Gasteiger charge is 2.30. The van der Waals surface area contributed by atoms with Gasteiger partial charge in [-0.3, -0.25) is 4.79 Å². The van der Waals surface area contributed by atoms with E-state index < -0.39 is 29.3 Å². The zero-order valence-corrected chi connectivity index (χ0v) is 17.9. The van der Waals surface area contributed by atoms with Gasteiger partial charge in [0.05, 0.1) is 12.1 Å². The van der Waals surface area contributed by atoms with Crippen LogP contribution in [0.1, 0.15) is 50.9 Å². The molecule has 0 fully saturated rings. The van der Waals surface area contributed by atoms with Crippen molar-refractivity contribution in [3.05, 3.63) is 93.3 Å². The van der Waals surface area contributed by atoms with Crippen LogP contribution >= 0.6 is 0 Å². The summed E-state index contributed by atoms with van der Waals surface area (Å²) < 4.78 is 68.0. The minimum absolute atomic E-state index is 0.0189. The van der Waals surface area contributed by atoms with Crippen molar-refractivity contribution >= 4 is 5.91 Å². The first-order chi connectivity index (χ1) is 15.0. The van der Waals surface area contributed by atoms with Crippen molar-refractivity contribution in [2.24, 2.45) is 0 Å². The number of alkyl halides is 3. The number of rotatable bonds is 6. The summed E-state index contributed by atoms with van der Waals surface area (Å²) in [6, 6.07) is 8.01. The van der Waals surface area contributed by atoms with Gasteiger partial charge in [-0.2, -0.15) is 13.2 Å². The monoisotopic (exact) mass is 450 g/mol. The molecule has 3 nitrogen and oxygen atoms in total. The van der Waals surface area contributed by atoms with Crippen LogP contribution in [0, 0.1) is 25.5 Å². The van der Waals surface area contributed by atoms with E-state index in [4.69, 9.17) is 0 Å². The Bertz CT molecular complexity index is 1150. The molecule has 1 aromatic heterocycles. The lowest BCUT2D eigenvalue weighted by Gasteiger charge is -2.14. The Labute approximate surface area is 182 Å². The van der Waals surface area contributed by atoms with Crippen LogP contribution in [0.3, 0.4) is 0 Å². The van der Waals surface area contributed by atoms with Crippen molar-refractivity contribution in [3.63, 3.8) is 0 Å². The standard InChI is InChI=1S/C24H23F5N2O/c1-4-20-14(2)22(31(15(20)3)13-17-8-9-19(25)11-21(17)26)23(32)30-12-16-6-5-7-18(10-16)24(27,28)29/h5-11H,4,12-13H2,1-3H3,(H,30,32). The molecule has 0 saturated carbocycles. The second-order valence-electron chi connectivity index (χ2n) is 7.59. The number of carbonyl (C=O) groups excluding carboxylic acids is 1. The van der Waals surface area contributed by atoms with E-state index in [-0.39, 0.29) is 18.7 Å². The maximum atomic E-state index is 14.2. The number of halogens is 5. The number of amides is 1. The fraction of sp³-hybridized carbons (Fsp3) is 0.292. The van der Waals surface area contributed by atoms with E-state index in [0.29, 0.717) is 23.2 Å². The predicted octanol–water partition coefficient (Wildman–Crippen LogP) is 5.94. The Morgan fingerprint density at radius 3 is 2.41 bits per heavy atom. The average molecular weight is 450 g/mol. The highest BCUT2D eigenvalue weighted by Crippen LogP contribution is 2.30. The summed E-state index contributed by atoms with van der Waals surface area (Å²) in [5.74, 6) is -1.89. The number of hydrogen-bond donors (Lipinski definition) is 1. The summed E-state index contributed by atoms with van der Waals surface area (Å²) in [7, 11) is 0. The summed E-state index contributed by atoms with van der Waals surface area (Å²) in [6.45, 7) is 5.45. The second kappa shape index (κ2) is 9.14. The molecule has 0 aliphatic heterocycles. The normalized spacial score (nSPS) is 11.6. The molecule has 3 rings (SSSR count). The molecular formula is C24H23F5N2O. The smallest absolute Gasteiger partial charge is 0.347 e. The third kappa shape index (κ3) is 4.84. The second-order valence-corrected chi connectivity index (χ2v) is 7.59. The van der Waals surface area contributed by atoms with Crippen molar-refractivity contribution in [1.29, 1.82) is 0 Å². The highest BCUT2D eigenvalue weighted by molar-refractivity contribution is 5.95. The fourth-order valence-electron chi connectivity index (χ4n) is 3.90. The summed E-state index contributed by atoms with van der Waals surface area (Å²) in [5.41, 5.74) is 2.46. The van der Waals surface area contributed by atoms with Gasteiger partial charge in [0.15, 0.2) is 0 Å². The first kappa shape index (κ1) is 23.5. The maximum Gasteiger partial charge on any atom is 0.416 e. The van der Waals surface area contributed by atoms with Crippen molar-refractivity contribution < 1.29 is 26.7 Å². The highest BCUT2D eigenvalue weighted by atomic mass is 19.4. The minimum Gasteiger partial charge on any atom is -0.347 e. The fourth-order valence-corrected chi connectivity index (χ4v) is 3.90. The van der Waals surface area contributed by atoms with E-state index in [9.17, 15) is 26.7 Å². The van der Waals surface area contributed by atoms with Crippen LogP contribution in [-0.2, 0) is 25.7 Å². The van der Waals surface area contributed by atoms with Crippen LogP contribution in [0.5, 0.6) is 0 Å². The lowest BCUT2D eigenvalue weighted by Crippen LogP contribution is -2.27. The van der Waals surface area contributed by atoms with Gasteiger partial charge < -0.3 is 9.88 Å². The molecule has 170 valence electrons. The molecule has 3 aromatic rings.